The Labute approximate surface area is 120 Å². The number of anilines is 1. The standard InChI is InChI=1S/C15H25N3O2/c1-11-9-12(5-6-13(11)18-16)14(19)17-10-15(2,3)7-8-20-4/h5-6,9,18H,7-8,10,16H2,1-4H3,(H,17,19). The quantitative estimate of drug-likeness (QED) is 0.527. The second-order valence-corrected chi connectivity index (χ2v) is 5.76. The number of nitrogens with one attached hydrogen (secondary N) is 2. The summed E-state index contributed by atoms with van der Waals surface area (Å²) >= 11 is 0. The third-order valence-corrected chi connectivity index (χ3v) is 3.35. The molecule has 0 aromatic heterocycles. The molecule has 112 valence electrons. The van der Waals surface area contributed by atoms with E-state index in [2.05, 4.69) is 24.6 Å². The van der Waals surface area contributed by atoms with Crippen LogP contribution in [0.2, 0.25) is 0 Å². The average Bonchev–Trinajstić information content (AvgIpc) is 2.42. The van der Waals surface area contributed by atoms with E-state index in [0.717, 1.165) is 17.7 Å². The largest absolute Gasteiger partial charge is 0.385 e. The number of rotatable bonds is 7. The Morgan fingerprint density at radius 2 is 2.10 bits per heavy atom. The van der Waals surface area contributed by atoms with E-state index >= 15 is 0 Å². The number of carbonyl (C=O) groups excluding carboxylic acids is 1. The Balaban J connectivity index is 2.61. The molecule has 0 aliphatic carbocycles. The molecule has 20 heavy (non-hydrogen) atoms. The maximum atomic E-state index is 12.1. The number of nitrogens with two attached hydrogens (primary N) is 1. The molecule has 0 radical (unpaired) electrons. The molecular formula is C15H25N3O2. The van der Waals surface area contributed by atoms with Crippen LogP contribution in [0.1, 0.15) is 36.2 Å². The van der Waals surface area contributed by atoms with Crippen molar-refractivity contribution in [1.29, 1.82) is 0 Å². The molecule has 5 heteroatoms. The van der Waals surface area contributed by atoms with Crippen molar-refractivity contribution < 1.29 is 9.53 Å². The van der Waals surface area contributed by atoms with Crippen LogP contribution in [0.15, 0.2) is 18.2 Å². The molecule has 0 heterocycles. The van der Waals surface area contributed by atoms with E-state index in [1.807, 2.05) is 13.0 Å². The lowest BCUT2D eigenvalue weighted by Crippen LogP contribution is -2.34. The van der Waals surface area contributed by atoms with Crippen LogP contribution < -0.4 is 16.6 Å². The van der Waals surface area contributed by atoms with E-state index in [-0.39, 0.29) is 11.3 Å². The van der Waals surface area contributed by atoms with Crippen molar-refractivity contribution in [2.24, 2.45) is 11.3 Å². The first-order valence-electron chi connectivity index (χ1n) is 6.74. The van der Waals surface area contributed by atoms with E-state index in [4.69, 9.17) is 10.6 Å². The van der Waals surface area contributed by atoms with Gasteiger partial charge in [-0.1, -0.05) is 13.8 Å². The van der Waals surface area contributed by atoms with Crippen molar-refractivity contribution in [2.45, 2.75) is 27.2 Å². The van der Waals surface area contributed by atoms with Gasteiger partial charge in [0.15, 0.2) is 0 Å². The number of hydrazine groups is 1. The number of hydrogen-bond acceptors (Lipinski definition) is 4. The maximum Gasteiger partial charge on any atom is 0.251 e. The summed E-state index contributed by atoms with van der Waals surface area (Å²) < 4.78 is 5.08. The summed E-state index contributed by atoms with van der Waals surface area (Å²) in [5, 5.41) is 2.97. The van der Waals surface area contributed by atoms with E-state index < -0.39 is 0 Å². The van der Waals surface area contributed by atoms with E-state index in [1.165, 1.54) is 0 Å². The molecule has 0 aliphatic rings. The molecule has 0 bridgehead atoms. The minimum atomic E-state index is -0.0674. The monoisotopic (exact) mass is 279 g/mol. The second kappa shape index (κ2) is 7.26. The highest BCUT2D eigenvalue weighted by Gasteiger charge is 2.19. The average molecular weight is 279 g/mol. The molecule has 5 nitrogen and oxygen atoms in total. The molecule has 0 spiro atoms. The first kappa shape index (κ1) is 16.5. The predicted octanol–water partition coefficient (Wildman–Crippen LogP) is 2.07. The van der Waals surface area contributed by atoms with Gasteiger partial charge in [-0.05, 0) is 42.5 Å². The predicted molar refractivity (Wildman–Crippen MR) is 81.6 cm³/mol. The van der Waals surface area contributed by atoms with E-state index in [0.29, 0.717) is 18.7 Å². The summed E-state index contributed by atoms with van der Waals surface area (Å²) in [6.45, 7) is 7.44. The number of benzene rings is 1. The van der Waals surface area contributed by atoms with Crippen molar-refractivity contribution in [1.82, 2.24) is 5.32 Å². The first-order chi connectivity index (χ1) is 9.39. The molecule has 0 aliphatic heterocycles. The Bertz CT molecular complexity index is 458. The van der Waals surface area contributed by atoms with Crippen LogP contribution in [0.25, 0.3) is 0 Å². The lowest BCUT2D eigenvalue weighted by molar-refractivity contribution is 0.0921. The van der Waals surface area contributed by atoms with Gasteiger partial charge in [0, 0.05) is 25.8 Å². The minimum absolute atomic E-state index is 0.0134. The molecule has 1 amide bonds. The molecular weight excluding hydrogens is 254 g/mol. The zero-order valence-electron chi connectivity index (χ0n) is 12.7. The van der Waals surface area contributed by atoms with Gasteiger partial charge in [-0.25, -0.2) is 0 Å². The fourth-order valence-corrected chi connectivity index (χ4v) is 1.86. The summed E-state index contributed by atoms with van der Waals surface area (Å²) in [6, 6.07) is 5.40. The molecule has 1 aromatic rings. The van der Waals surface area contributed by atoms with Crippen LogP contribution in [-0.4, -0.2) is 26.2 Å². The number of ether oxygens (including phenoxy) is 1. The normalized spacial score (nSPS) is 11.2. The summed E-state index contributed by atoms with van der Waals surface area (Å²) in [6.07, 6.45) is 0.902. The fourth-order valence-electron chi connectivity index (χ4n) is 1.86. The van der Waals surface area contributed by atoms with E-state index in [9.17, 15) is 4.79 Å². The number of aryl methyl sites for hydroxylation is 1. The Hall–Kier alpha value is -1.59. The molecule has 0 saturated carbocycles. The Morgan fingerprint density at radius 1 is 1.40 bits per heavy atom. The zero-order valence-corrected chi connectivity index (χ0v) is 12.7. The zero-order chi connectivity index (χ0) is 15.2. The molecule has 4 N–H and O–H groups in total. The van der Waals surface area contributed by atoms with Crippen LogP contribution >= 0.6 is 0 Å². The van der Waals surface area contributed by atoms with Gasteiger partial charge < -0.3 is 15.5 Å². The van der Waals surface area contributed by atoms with Gasteiger partial charge in [-0.2, -0.15) is 0 Å². The van der Waals surface area contributed by atoms with Crippen LogP contribution in [0.3, 0.4) is 0 Å². The summed E-state index contributed by atoms with van der Waals surface area (Å²) in [4.78, 5) is 12.1. The van der Waals surface area contributed by atoms with Gasteiger partial charge in [0.05, 0.1) is 5.69 Å². The summed E-state index contributed by atoms with van der Waals surface area (Å²) in [5.41, 5.74) is 5.02. The van der Waals surface area contributed by atoms with E-state index in [1.54, 1.807) is 19.2 Å². The highest BCUT2D eigenvalue weighted by atomic mass is 16.5. The Kier molecular flexibility index (Phi) is 5.98. The van der Waals surface area contributed by atoms with Crippen molar-refractivity contribution in [3.63, 3.8) is 0 Å². The SMILES string of the molecule is COCCC(C)(C)CNC(=O)c1ccc(NN)c(C)c1. The van der Waals surface area contributed by atoms with Crippen molar-refractivity contribution in [3.8, 4) is 0 Å². The number of nitrogen functional groups attached to an aromatic ring is 1. The molecule has 0 unspecified atom stereocenters. The van der Waals surface area contributed by atoms with Crippen molar-refractivity contribution >= 4 is 11.6 Å². The molecule has 1 aromatic carbocycles. The molecule has 0 saturated heterocycles. The maximum absolute atomic E-state index is 12.1. The van der Waals surface area contributed by atoms with Gasteiger partial charge >= 0.3 is 0 Å². The highest BCUT2D eigenvalue weighted by molar-refractivity contribution is 5.94. The van der Waals surface area contributed by atoms with Gasteiger partial charge in [0.25, 0.3) is 5.91 Å². The van der Waals surface area contributed by atoms with Crippen molar-refractivity contribution in [3.05, 3.63) is 29.3 Å². The lowest BCUT2D eigenvalue weighted by atomic mass is 9.89. The lowest BCUT2D eigenvalue weighted by Gasteiger charge is -2.24. The third-order valence-electron chi connectivity index (χ3n) is 3.35. The molecule has 1 rings (SSSR count). The number of carbonyl (C=O) groups is 1. The molecule has 0 fully saturated rings. The Morgan fingerprint density at radius 3 is 2.65 bits per heavy atom. The minimum Gasteiger partial charge on any atom is -0.385 e. The van der Waals surface area contributed by atoms with Gasteiger partial charge in [0.1, 0.15) is 0 Å². The number of methoxy groups -OCH3 is 1. The molecule has 0 atom stereocenters. The van der Waals surface area contributed by atoms with Crippen LogP contribution in [0.4, 0.5) is 5.69 Å². The van der Waals surface area contributed by atoms with Gasteiger partial charge in [-0.15, -0.1) is 0 Å². The van der Waals surface area contributed by atoms with Crippen LogP contribution in [0.5, 0.6) is 0 Å². The van der Waals surface area contributed by atoms with Gasteiger partial charge in [0.2, 0.25) is 0 Å². The third kappa shape index (κ3) is 4.83. The van der Waals surface area contributed by atoms with Crippen molar-refractivity contribution in [2.75, 3.05) is 25.7 Å². The summed E-state index contributed by atoms with van der Waals surface area (Å²) in [5.74, 6) is 5.31. The van der Waals surface area contributed by atoms with Gasteiger partial charge in [-0.3, -0.25) is 10.6 Å². The highest BCUT2D eigenvalue weighted by Crippen LogP contribution is 2.19. The topological polar surface area (TPSA) is 76.4 Å². The van der Waals surface area contributed by atoms with Crippen LogP contribution in [0, 0.1) is 12.3 Å². The summed E-state index contributed by atoms with van der Waals surface area (Å²) in [7, 11) is 1.68. The number of amides is 1. The first-order valence-corrected chi connectivity index (χ1v) is 6.74. The second-order valence-electron chi connectivity index (χ2n) is 5.76. The number of hydrogen-bond donors (Lipinski definition) is 3. The fraction of sp³-hybridized carbons (Fsp3) is 0.533. The van der Waals surface area contributed by atoms with Crippen LogP contribution in [-0.2, 0) is 4.74 Å². The smallest absolute Gasteiger partial charge is 0.251 e.